The molecule has 5 heteroatoms. The fraction of sp³-hybridized carbons (Fsp3) is 0.211. The van der Waals surface area contributed by atoms with Crippen LogP contribution in [0.5, 0.6) is 0 Å². The number of hydrogen-bond acceptors (Lipinski definition) is 3. The number of amides is 1. The smallest absolute Gasteiger partial charge is 0.244 e. The van der Waals surface area contributed by atoms with E-state index >= 15 is 0 Å². The maximum atomic E-state index is 12.7. The Labute approximate surface area is 140 Å². The SMILES string of the molecule is CCN(Cc1ccccc1)C(=O)Cn1ncc(=O)c2ccccc21. The Bertz CT molecular complexity index is 903. The van der Waals surface area contributed by atoms with Crippen LogP contribution in [0, 0.1) is 0 Å². The number of nitrogens with zero attached hydrogens (tertiary/aromatic N) is 3. The summed E-state index contributed by atoms with van der Waals surface area (Å²) in [5.41, 5.74) is 1.63. The molecule has 3 aromatic rings. The molecule has 0 atom stereocenters. The summed E-state index contributed by atoms with van der Waals surface area (Å²) in [4.78, 5) is 26.3. The van der Waals surface area contributed by atoms with Gasteiger partial charge < -0.3 is 4.90 Å². The van der Waals surface area contributed by atoms with Crippen molar-refractivity contribution in [2.24, 2.45) is 0 Å². The van der Waals surface area contributed by atoms with E-state index in [4.69, 9.17) is 0 Å². The first-order valence-corrected chi connectivity index (χ1v) is 7.95. The average molecular weight is 321 g/mol. The standard InChI is InChI=1S/C19H19N3O2/c1-2-21(13-15-8-4-3-5-9-15)19(24)14-22-17-11-7-6-10-16(17)18(23)12-20-22/h3-12H,2,13-14H2,1H3. The molecule has 2 aromatic carbocycles. The molecule has 0 aliphatic rings. The number of rotatable bonds is 5. The van der Waals surface area contributed by atoms with Crippen LogP contribution >= 0.6 is 0 Å². The minimum absolute atomic E-state index is 0.0253. The highest BCUT2D eigenvalue weighted by molar-refractivity contribution is 5.81. The Kier molecular flexibility index (Phi) is 4.70. The van der Waals surface area contributed by atoms with Crippen molar-refractivity contribution in [2.45, 2.75) is 20.0 Å². The Balaban J connectivity index is 1.83. The van der Waals surface area contributed by atoms with Gasteiger partial charge in [-0.25, -0.2) is 0 Å². The van der Waals surface area contributed by atoms with Gasteiger partial charge in [0.05, 0.1) is 11.7 Å². The highest BCUT2D eigenvalue weighted by atomic mass is 16.2. The van der Waals surface area contributed by atoms with Gasteiger partial charge in [-0.1, -0.05) is 42.5 Å². The van der Waals surface area contributed by atoms with E-state index in [-0.39, 0.29) is 17.9 Å². The fourth-order valence-electron chi connectivity index (χ4n) is 2.70. The largest absolute Gasteiger partial charge is 0.337 e. The molecule has 1 amide bonds. The van der Waals surface area contributed by atoms with Gasteiger partial charge in [0.15, 0.2) is 0 Å². The lowest BCUT2D eigenvalue weighted by molar-refractivity contribution is -0.132. The topological polar surface area (TPSA) is 55.2 Å². The number of fused-ring (bicyclic) bond motifs is 1. The number of carbonyl (C=O) groups excluding carboxylic acids is 1. The van der Waals surface area contributed by atoms with E-state index in [1.807, 2.05) is 55.5 Å². The molecular formula is C19H19N3O2. The van der Waals surface area contributed by atoms with Gasteiger partial charge >= 0.3 is 0 Å². The van der Waals surface area contributed by atoms with Crippen LogP contribution in [-0.2, 0) is 17.9 Å². The van der Waals surface area contributed by atoms with Crippen LogP contribution < -0.4 is 5.43 Å². The maximum Gasteiger partial charge on any atom is 0.244 e. The quantitative estimate of drug-likeness (QED) is 0.725. The molecule has 122 valence electrons. The molecule has 0 aliphatic heterocycles. The first kappa shape index (κ1) is 15.9. The molecule has 0 fully saturated rings. The third kappa shape index (κ3) is 3.35. The molecule has 3 rings (SSSR count). The zero-order valence-corrected chi connectivity index (χ0v) is 13.6. The van der Waals surface area contributed by atoms with Crippen LogP contribution in [0.3, 0.4) is 0 Å². The van der Waals surface area contributed by atoms with Crippen molar-refractivity contribution in [2.75, 3.05) is 6.54 Å². The highest BCUT2D eigenvalue weighted by Crippen LogP contribution is 2.10. The molecule has 0 spiro atoms. The molecule has 0 unspecified atom stereocenters. The molecule has 0 N–H and O–H groups in total. The summed E-state index contributed by atoms with van der Waals surface area (Å²) in [5, 5.41) is 4.70. The number of para-hydroxylation sites is 1. The van der Waals surface area contributed by atoms with Gasteiger partial charge in [-0.2, -0.15) is 5.10 Å². The van der Waals surface area contributed by atoms with E-state index in [0.717, 1.165) is 5.56 Å². The third-order valence-electron chi connectivity index (χ3n) is 4.00. The van der Waals surface area contributed by atoms with E-state index < -0.39 is 0 Å². The minimum atomic E-state index is -0.133. The van der Waals surface area contributed by atoms with Crippen molar-refractivity contribution >= 4 is 16.8 Å². The second-order valence-corrected chi connectivity index (χ2v) is 5.58. The molecule has 24 heavy (non-hydrogen) atoms. The summed E-state index contributed by atoms with van der Waals surface area (Å²) in [6, 6.07) is 17.1. The second-order valence-electron chi connectivity index (χ2n) is 5.58. The lowest BCUT2D eigenvalue weighted by Crippen LogP contribution is -2.34. The second kappa shape index (κ2) is 7.08. The Morgan fingerprint density at radius 1 is 1.08 bits per heavy atom. The van der Waals surface area contributed by atoms with Gasteiger partial charge in [0.1, 0.15) is 6.54 Å². The number of aromatic nitrogens is 2. The Morgan fingerprint density at radius 3 is 2.54 bits per heavy atom. The third-order valence-corrected chi connectivity index (χ3v) is 4.00. The van der Waals surface area contributed by atoms with E-state index in [9.17, 15) is 9.59 Å². The van der Waals surface area contributed by atoms with Crippen LogP contribution in [0.15, 0.2) is 65.6 Å². The Morgan fingerprint density at radius 2 is 1.79 bits per heavy atom. The van der Waals surface area contributed by atoms with Gasteiger partial charge in [-0.05, 0) is 24.6 Å². The molecule has 0 saturated carbocycles. The van der Waals surface area contributed by atoms with Gasteiger partial charge in [-0.15, -0.1) is 0 Å². The van der Waals surface area contributed by atoms with E-state index in [2.05, 4.69) is 5.10 Å². The van der Waals surface area contributed by atoms with E-state index in [0.29, 0.717) is 24.0 Å². The van der Waals surface area contributed by atoms with Crippen LogP contribution in [0.25, 0.3) is 10.9 Å². The molecule has 0 aliphatic carbocycles. The molecule has 0 saturated heterocycles. The monoisotopic (exact) mass is 321 g/mol. The minimum Gasteiger partial charge on any atom is -0.337 e. The summed E-state index contributed by atoms with van der Waals surface area (Å²) < 4.78 is 1.59. The molecule has 1 aromatic heterocycles. The molecule has 0 radical (unpaired) electrons. The normalized spacial score (nSPS) is 10.7. The van der Waals surface area contributed by atoms with Crippen molar-refractivity contribution < 1.29 is 4.79 Å². The van der Waals surface area contributed by atoms with Gasteiger partial charge in [0, 0.05) is 18.5 Å². The van der Waals surface area contributed by atoms with Crippen molar-refractivity contribution in [3.8, 4) is 0 Å². The van der Waals surface area contributed by atoms with Crippen molar-refractivity contribution in [1.29, 1.82) is 0 Å². The van der Waals surface area contributed by atoms with Crippen molar-refractivity contribution in [3.63, 3.8) is 0 Å². The number of hydrogen-bond donors (Lipinski definition) is 0. The van der Waals surface area contributed by atoms with Crippen LogP contribution in [-0.4, -0.2) is 27.1 Å². The fourth-order valence-corrected chi connectivity index (χ4v) is 2.70. The van der Waals surface area contributed by atoms with Crippen molar-refractivity contribution in [3.05, 3.63) is 76.6 Å². The molecular weight excluding hydrogens is 302 g/mol. The Hall–Kier alpha value is -2.95. The van der Waals surface area contributed by atoms with Gasteiger partial charge in [0.2, 0.25) is 11.3 Å². The zero-order chi connectivity index (χ0) is 16.9. The van der Waals surface area contributed by atoms with E-state index in [1.54, 1.807) is 15.6 Å². The predicted octanol–water partition coefficient (Wildman–Crippen LogP) is 2.45. The first-order valence-electron chi connectivity index (χ1n) is 7.95. The summed E-state index contributed by atoms with van der Waals surface area (Å²) >= 11 is 0. The summed E-state index contributed by atoms with van der Waals surface area (Å²) in [5.74, 6) is -0.0253. The number of likely N-dealkylation sites (N-methyl/N-ethyl adjacent to an activating group) is 1. The maximum absolute atomic E-state index is 12.7. The van der Waals surface area contributed by atoms with Gasteiger partial charge in [-0.3, -0.25) is 14.3 Å². The zero-order valence-electron chi connectivity index (χ0n) is 13.6. The number of carbonyl (C=O) groups is 1. The summed E-state index contributed by atoms with van der Waals surface area (Å²) in [6.07, 6.45) is 1.27. The highest BCUT2D eigenvalue weighted by Gasteiger charge is 2.14. The van der Waals surface area contributed by atoms with Gasteiger partial charge in [0.25, 0.3) is 0 Å². The summed E-state index contributed by atoms with van der Waals surface area (Å²) in [6.45, 7) is 3.25. The average Bonchev–Trinajstić information content (AvgIpc) is 2.63. The molecule has 5 nitrogen and oxygen atoms in total. The van der Waals surface area contributed by atoms with Crippen molar-refractivity contribution in [1.82, 2.24) is 14.7 Å². The lowest BCUT2D eigenvalue weighted by atomic mass is 10.2. The summed E-state index contributed by atoms with van der Waals surface area (Å²) in [7, 11) is 0. The number of benzene rings is 2. The predicted molar refractivity (Wildman–Crippen MR) is 93.5 cm³/mol. The van der Waals surface area contributed by atoms with Crippen LogP contribution in [0.2, 0.25) is 0 Å². The lowest BCUT2D eigenvalue weighted by Gasteiger charge is -2.21. The van der Waals surface area contributed by atoms with Crippen LogP contribution in [0.1, 0.15) is 12.5 Å². The first-order chi connectivity index (χ1) is 11.7. The van der Waals surface area contributed by atoms with Crippen LogP contribution in [0.4, 0.5) is 0 Å². The van der Waals surface area contributed by atoms with E-state index in [1.165, 1.54) is 6.20 Å². The molecule has 1 heterocycles. The molecule has 0 bridgehead atoms.